The molecular formula is C13H12Br2N2O. The fourth-order valence-electron chi connectivity index (χ4n) is 1.72. The van der Waals surface area contributed by atoms with Gasteiger partial charge in [-0.3, -0.25) is 4.98 Å². The summed E-state index contributed by atoms with van der Waals surface area (Å²) in [6.07, 6.45) is 1.73. The molecular weight excluding hydrogens is 360 g/mol. The number of hydrogen-bond acceptors (Lipinski definition) is 3. The number of aromatic nitrogens is 1. The minimum atomic E-state index is -0.330. The number of rotatable bonds is 3. The molecule has 0 saturated heterocycles. The first-order valence-corrected chi connectivity index (χ1v) is 6.91. The number of methoxy groups -OCH3 is 1. The molecule has 94 valence electrons. The SMILES string of the molecule is COc1ccccc1C(N)c1ncc(Br)cc1Br. The lowest BCUT2D eigenvalue weighted by molar-refractivity contribution is 0.407. The van der Waals surface area contributed by atoms with Gasteiger partial charge in [0.15, 0.2) is 0 Å². The summed E-state index contributed by atoms with van der Waals surface area (Å²) in [7, 11) is 1.63. The molecule has 1 atom stereocenters. The van der Waals surface area contributed by atoms with Crippen molar-refractivity contribution in [2.75, 3.05) is 7.11 Å². The first kappa shape index (κ1) is 13.5. The van der Waals surface area contributed by atoms with Crippen LogP contribution in [0.5, 0.6) is 5.75 Å². The molecule has 0 fully saturated rings. The third-order valence-corrected chi connectivity index (χ3v) is 3.67. The van der Waals surface area contributed by atoms with Gasteiger partial charge < -0.3 is 10.5 Å². The maximum absolute atomic E-state index is 6.26. The zero-order chi connectivity index (χ0) is 13.1. The zero-order valence-corrected chi connectivity index (χ0v) is 12.9. The second kappa shape index (κ2) is 5.82. The van der Waals surface area contributed by atoms with Gasteiger partial charge >= 0.3 is 0 Å². The van der Waals surface area contributed by atoms with Crippen molar-refractivity contribution in [3.8, 4) is 5.75 Å². The molecule has 0 aliphatic carbocycles. The average molecular weight is 372 g/mol. The van der Waals surface area contributed by atoms with Gasteiger partial charge in [-0.25, -0.2) is 0 Å². The maximum Gasteiger partial charge on any atom is 0.124 e. The predicted molar refractivity (Wildman–Crippen MR) is 78.7 cm³/mol. The highest BCUT2D eigenvalue weighted by atomic mass is 79.9. The number of nitrogens with zero attached hydrogens (tertiary/aromatic N) is 1. The topological polar surface area (TPSA) is 48.1 Å². The first-order chi connectivity index (χ1) is 8.63. The van der Waals surface area contributed by atoms with Gasteiger partial charge in [-0.2, -0.15) is 0 Å². The van der Waals surface area contributed by atoms with E-state index < -0.39 is 0 Å². The lowest BCUT2D eigenvalue weighted by Gasteiger charge is -2.16. The summed E-state index contributed by atoms with van der Waals surface area (Å²) in [5.41, 5.74) is 7.95. The standard InChI is InChI=1S/C13H12Br2N2O/c1-18-11-5-3-2-4-9(11)12(16)13-10(15)6-8(14)7-17-13/h2-7,12H,16H2,1H3. The molecule has 3 nitrogen and oxygen atoms in total. The lowest BCUT2D eigenvalue weighted by atomic mass is 10.0. The maximum atomic E-state index is 6.26. The van der Waals surface area contributed by atoms with Crippen LogP contribution < -0.4 is 10.5 Å². The Morgan fingerprint density at radius 1 is 1.28 bits per heavy atom. The van der Waals surface area contributed by atoms with Gasteiger partial charge in [-0.05, 0) is 44.0 Å². The van der Waals surface area contributed by atoms with E-state index in [1.807, 2.05) is 30.3 Å². The molecule has 1 aromatic heterocycles. The Labute approximate surface area is 123 Å². The monoisotopic (exact) mass is 370 g/mol. The van der Waals surface area contributed by atoms with E-state index in [1.165, 1.54) is 0 Å². The highest BCUT2D eigenvalue weighted by Gasteiger charge is 2.17. The van der Waals surface area contributed by atoms with Crippen molar-refractivity contribution in [1.82, 2.24) is 4.98 Å². The molecule has 1 unspecified atom stereocenters. The van der Waals surface area contributed by atoms with Crippen molar-refractivity contribution >= 4 is 31.9 Å². The Balaban J connectivity index is 2.44. The summed E-state index contributed by atoms with van der Waals surface area (Å²) in [5.74, 6) is 0.765. The molecule has 2 rings (SSSR count). The van der Waals surface area contributed by atoms with Gasteiger partial charge in [0.2, 0.25) is 0 Å². The van der Waals surface area contributed by atoms with Gasteiger partial charge in [0, 0.05) is 20.7 Å². The highest BCUT2D eigenvalue weighted by Crippen LogP contribution is 2.31. The molecule has 0 spiro atoms. The second-order valence-corrected chi connectivity index (χ2v) is 5.51. The van der Waals surface area contributed by atoms with E-state index in [-0.39, 0.29) is 6.04 Å². The number of halogens is 2. The van der Waals surface area contributed by atoms with Crippen LogP contribution in [0.15, 0.2) is 45.5 Å². The summed E-state index contributed by atoms with van der Waals surface area (Å²) in [5, 5.41) is 0. The largest absolute Gasteiger partial charge is 0.496 e. The van der Waals surface area contributed by atoms with E-state index >= 15 is 0 Å². The minimum absolute atomic E-state index is 0.330. The van der Waals surface area contributed by atoms with Gasteiger partial charge in [-0.1, -0.05) is 18.2 Å². The second-order valence-electron chi connectivity index (χ2n) is 3.74. The smallest absolute Gasteiger partial charge is 0.124 e. The van der Waals surface area contributed by atoms with E-state index in [1.54, 1.807) is 13.3 Å². The summed E-state index contributed by atoms with van der Waals surface area (Å²) in [6.45, 7) is 0. The van der Waals surface area contributed by atoms with Crippen LogP contribution in [0.2, 0.25) is 0 Å². The third kappa shape index (κ3) is 2.74. The minimum Gasteiger partial charge on any atom is -0.496 e. The van der Waals surface area contributed by atoms with Crippen LogP contribution in [-0.2, 0) is 0 Å². The molecule has 0 amide bonds. The Morgan fingerprint density at radius 2 is 2.00 bits per heavy atom. The van der Waals surface area contributed by atoms with Crippen LogP contribution in [0.3, 0.4) is 0 Å². The summed E-state index contributed by atoms with van der Waals surface area (Å²) in [6, 6.07) is 9.28. The van der Waals surface area contributed by atoms with E-state index in [0.717, 1.165) is 26.0 Å². The molecule has 5 heteroatoms. The number of pyridine rings is 1. The summed E-state index contributed by atoms with van der Waals surface area (Å²) >= 11 is 6.85. The average Bonchev–Trinajstić information content (AvgIpc) is 2.38. The van der Waals surface area contributed by atoms with Crippen LogP contribution >= 0.6 is 31.9 Å². The highest BCUT2D eigenvalue weighted by molar-refractivity contribution is 9.11. The number of nitrogens with two attached hydrogens (primary N) is 1. The van der Waals surface area contributed by atoms with Gasteiger partial charge in [0.1, 0.15) is 5.75 Å². The summed E-state index contributed by atoms with van der Waals surface area (Å²) < 4.78 is 7.10. The van der Waals surface area contributed by atoms with Crippen LogP contribution in [0.25, 0.3) is 0 Å². The molecule has 0 bridgehead atoms. The molecule has 2 aromatic rings. The Bertz CT molecular complexity index is 560. The lowest BCUT2D eigenvalue weighted by Crippen LogP contribution is -2.15. The van der Waals surface area contributed by atoms with Crippen molar-refractivity contribution in [3.63, 3.8) is 0 Å². The Morgan fingerprint density at radius 3 is 2.67 bits per heavy atom. The molecule has 18 heavy (non-hydrogen) atoms. The molecule has 0 saturated carbocycles. The summed E-state index contributed by atoms with van der Waals surface area (Å²) in [4.78, 5) is 4.36. The predicted octanol–water partition coefficient (Wildman–Crippen LogP) is 3.66. The molecule has 1 heterocycles. The van der Waals surface area contributed by atoms with Gasteiger partial charge in [0.05, 0.1) is 18.8 Å². The van der Waals surface area contributed by atoms with Crippen LogP contribution in [-0.4, -0.2) is 12.1 Å². The third-order valence-electron chi connectivity index (χ3n) is 2.60. The van der Waals surface area contributed by atoms with E-state index in [4.69, 9.17) is 10.5 Å². The van der Waals surface area contributed by atoms with Crippen molar-refractivity contribution < 1.29 is 4.74 Å². The molecule has 1 aromatic carbocycles. The van der Waals surface area contributed by atoms with E-state index in [9.17, 15) is 0 Å². The number of para-hydroxylation sites is 1. The fraction of sp³-hybridized carbons (Fsp3) is 0.154. The molecule has 0 aliphatic heterocycles. The fourth-order valence-corrected chi connectivity index (χ4v) is 2.96. The van der Waals surface area contributed by atoms with Gasteiger partial charge in [0.25, 0.3) is 0 Å². The van der Waals surface area contributed by atoms with E-state index in [2.05, 4.69) is 36.8 Å². The van der Waals surface area contributed by atoms with Crippen LogP contribution in [0.1, 0.15) is 17.3 Å². The van der Waals surface area contributed by atoms with Crippen molar-refractivity contribution in [3.05, 3.63) is 56.7 Å². The molecule has 0 radical (unpaired) electrons. The Kier molecular flexibility index (Phi) is 4.37. The van der Waals surface area contributed by atoms with E-state index in [0.29, 0.717) is 0 Å². The quantitative estimate of drug-likeness (QED) is 0.895. The number of benzene rings is 1. The van der Waals surface area contributed by atoms with Crippen molar-refractivity contribution in [2.45, 2.75) is 6.04 Å². The van der Waals surface area contributed by atoms with Crippen LogP contribution in [0.4, 0.5) is 0 Å². The Hall–Kier alpha value is -0.910. The molecule has 0 aliphatic rings. The van der Waals surface area contributed by atoms with Crippen molar-refractivity contribution in [2.24, 2.45) is 5.73 Å². The van der Waals surface area contributed by atoms with Crippen molar-refractivity contribution in [1.29, 1.82) is 0 Å². The zero-order valence-electron chi connectivity index (χ0n) is 9.73. The molecule has 2 N–H and O–H groups in total. The van der Waals surface area contributed by atoms with Crippen LogP contribution in [0, 0.1) is 0 Å². The normalized spacial score (nSPS) is 12.2. The number of hydrogen-bond donors (Lipinski definition) is 1. The first-order valence-electron chi connectivity index (χ1n) is 5.33. The number of ether oxygens (including phenoxy) is 1. The van der Waals surface area contributed by atoms with Gasteiger partial charge in [-0.15, -0.1) is 0 Å².